The molecule has 102 valence electrons. The van der Waals surface area contributed by atoms with Gasteiger partial charge in [-0.1, -0.05) is 26.7 Å². The van der Waals surface area contributed by atoms with Crippen molar-refractivity contribution in [2.75, 3.05) is 13.2 Å². The van der Waals surface area contributed by atoms with Crippen molar-refractivity contribution in [1.82, 2.24) is 0 Å². The molecule has 0 aliphatic carbocycles. The molecule has 0 bridgehead atoms. The molecule has 0 spiro atoms. The number of Topliss-reactive ketones (excluding diaryl/α,β-unsaturated/α-hetero) is 1. The van der Waals surface area contributed by atoms with E-state index in [9.17, 15) is 4.79 Å². The summed E-state index contributed by atoms with van der Waals surface area (Å²) in [5.41, 5.74) is 0. The minimum absolute atomic E-state index is 0.189. The largest absolute Gasteiger partial charge is 0.350 e. The molecule has 0 saturated carbocycles. The number of hydrogen-bond acceptors (Lipinski definition) is 3. The molecule has 0 heterocycles. The van der Waals surface area contributed by atoms with E-state index in [4.69, 9.17) is 9.47 Å². The lowest BCUT2D eigenvalue weighted by Gasteiger charge is -2.30. The zero-order valence-corrected chi connectivity index (χ0v) is 11.9. The van der Waals surface area contributed by atoms with Gasteiger partial charge in [-0.15, -0.1) is 0 Å². The lowest BCUT2D eigenvalue weighted by atomic mass is 10.1. The van der Waals surface area contributed by atoms with E-state index in [1.807, 2.05) is 6.92 Å². The first-order valence-electron chi connectivity index (χ1n) is 6.81. The highest BCUT2D eigenvalue weighted by Gasteiger charge is 2.25. The highest BCUT2D eigenvalue weighted by molar-refractivity contribution is 5.75. The topological polar surface area (TPSA) is 35.5 Å². The van der Waals surface area contributed by atoms with Crippen molar-refractivity contribution in [3.05, 3.63) is 0 Å². The molecule has 0 N–H and O–H groups in total. The van der Waals surface area contributed by atoms with Gasteiger partial charge < -0.3 is 14.3 Å². The Hall–Kier alpha value is -0.410. The standard InChI is InChI=1S/C14H28O3/c1-5-7-11-16-14(4,10-9-13(3)15)17-12-8-6-2/h5-12H2,1-4H3. The van der Waals surface area contributed by atoms with Gasteiger partial charge in [0.2, 0.25) is 0 Å². The van der Waals surface area contributed by atoms with E-state index in [2.05, 4.69) is 13.8 Å². The van der Waals surface area contributed by atoms with Crippen LogP contribution in [-0.4, -0.2) is 24.8 Å². The minimum atomic E-state index is -0.587. The van der Waals surface area contributed by atoms with Crippen LogP contribution in [0.3, 0.4) is 0 Å². The van der Waals surface area contributed by atoms with Crippen LogP contribution in [0.4, 0.5) is 0 Å². The number of rotatable bonds is 11. The summed E-state index contributed by atoms with van der Waals surface area (Å²) in [5, 5.41) is 0. The molecule has 3 nitrogen and oxygen atoms in total. The number of unbranched alkanes of at least 4 members (excludes halogenated alkanes) is 2. The molecule has 0 unspecified atom stereocenters. The number of carbonyl (C=O) groups excluding carboxylic acids is 1. The Morgan fingerprint density at radius 3 is 1.88 bits per heavy atom. The Morgan fingerprint density at radius 1 is 1.06 bits per heavy atom. The lowest BCUT2D eigenvalue weighted by Crippen LogP contribution is -2.34. The first kappa shape index (κ1) is 16.6. The van der Waals surface area contributed by atoms with Gasteiger partial charge in [-0.2, -0.15) is 0 Å². The summed E-state index contributed by atoms with van der Waals surface area (Å²) in [7, 11) is 0. The van der Waals surface area contributed by atoms with Crippen molar-refractivity contribution in [3.63, 3.8) is 0 Å². The average Bonchev–Trinajstić information content (AvgIpc) is 2.27. The predicted molar refractivity (Wildman–Crippen MR) is 70.0 cm³/mol. The van der Waals surface area contributed by atoms with Gasteiger partial charge >= 0.3 is 0 Å². The van der Waals surface area contributed by atoms with Crippen LogP contribution in [0.25, 0.3) is 0 Å². The van der Waals surface area contributed by atoms with Gasteiger partial charge in [-0.3, -0.25) is 0 Å². The molecule has 0 saturated heterocycles. The molecule has 3 heteroatoms. The molecular weight excluding hydrogens is 216 g/mol. The van der Waals surface area contributed by atoms with Gasteiger partial charge in [0.1, 0.15) is 5.78 Å². The summed E-state index contributed by atoms with van der Waals surface area (Å²) in [6.07, 6.45) is 5.46. The molecule has 17 heavy (non-hydrogen) atoms. The SMILES string of the molecule is CCCCOC(C)(CCC(C)=O)OCCCC. The Balaban J connectivity index is 4.08. The zero-order valence-electron chi connectivity index (χ0n) is 11.9. The van der Waals surface area contributed by atoms with E-state index in [0.717, 1.165) is 25.7 Å². The monoisotopic (exact) mass is 244 g/mol. The highest BCUT2D eigenvalue weighted by atomic mass is 16.7. The quantitative estimate of drug-likeness (QED) is 0.410. The average molecular weight is 244 g/mol. The molecule has 0 rings (SSSR count). The van der Waals surface area contributed by atoms with Crippen LogP contribution in [0.1, 0.15) is 66.2 Å². The third kappa shape index (κ3) is 9.31. The molecule has 0 atom stereocenters. The van der Waals surface area contributed by atoms with Crippen molar-refractivity contribution in [1.29, 1.82) is 0 Å². The summed E-state index contributed by atoms with van der Waals surface area (Å²) in [4.78, 5) is 11.0. The smallest absolute Gasteiger partial charge is 0.165 e. The number of ether oxygens (including phenoxy) is 2. The van der Waals surface area contributed by atoms with Gasteiger partial charge in [0.15, 0.2) is 5.79 Å². The molecule has 0 fully saturated rings. The van der Waals surface area contributed by atoms with Crippen LogP contribution < -0.4 is 0 Å². The second-order valence-electron chi connectivity index (χ2n) is 4.74. The van der Waals surface area contributed by atoms with E-state index in [0.29, 0.717) is 26.1 Å². The fourth-order valence-electron chi connectivity index (χ4n) is 1.45. The van der Waals surface area contributed by atoms with Crippen LogP contribution in [0.15, 0.2) is 0 Å². The van der Waals surface area contributed by atoms with Gasteiger partial charge in [-0.05, 0) is 26.7 Å². The summed E-state index contributed by atoms with van der Waals surface area (Å²) in [6, 6.07) is 0. The van der Waals surface area contributed by atoms with Crippen LogP contribution in [0.2, 0.25) is 0 Å². The van der Waals surface area contributed by atoms with Gasteiger partial charge in [0, 0.05) is 26.1 Å². The second-order valence-corrected chi connectivity index (χ2v) is 4.74. The van der Waals surface area contributed by atoms with Crippen molar-refractivity contribution < 1.29 is 14.3 Å². The van der Waals surface area contributed by atoms with Crippen LogP contribution in [0.5, 0.6) is 0 Å². The van der Waals surface area contributed by atoms with E-state index in [1.54, 1.807) is 6.92 Å². The lowest BCUT2D eigenvalue weighted by molar-refractivity contribution is -0.230. The van der Waals surface area contributed by atoms with Crippen molar-refractivity contribution in [2.45, 2.75) is 72.0 Å². The van der Waals surface area contributed by atoms with Crippen molar-refractivity contribution >= 4 is 5.78 Å². The number of ketones is 1. The second kappa shape index (κ2) is 9.60. The van der Waals surface area contributed by atoms with Crippen molar-refractivity contribution in [2.24, 2.45) is 0 Å². The maximum Gasteiger partial charge on any atom is 0.165 e. The van der Waals surface area contributed by atoms with Crippen LogP contribution in [0, 0.1) is 0 Å². The minimum Gasteiger partial charge on any atom is -0.350 e. The maximum atomic E-state index is 11.0. The fourth-order valence-corrected chi connectivity index (χ4v) is 1.45. The van der Waals surface area contributed by atoms with Crippen LogP contribution >= 0.6 is 0 Å². The predicted octanol–water partition coefficient (Wildman–Crippen LogP) is 3.71. The van der Waals surface area contributed by atoms with Crippen LogP contribution in [-0.2, 0) is 14.3 Å². The van der Waals surface area contributed by atoms with Gasteiger partial charge in [0.05, 0.1) is 0 Å². The molecule has 0 radical (unpaired) electrons. The summed E-state index contributed by atoms with van der Waals surface area (Å²) in [5.74, 6) is -0.398. The zero-order chi connectivity index (χ0) is 13.1. The summed E-state index contributed by atoms with van der Waals surface area (Å²) < 4.78 is 11.6. The highest BCUT2D eigenvalue weighted by Crippen LogP contribution is 2.21. The summed E-state index contributed by atoms with van der Waals surface area (Å²) >= 11 is 0. The molecule has 0 amide bonds. The fraction of sp³-hybridized carbons (Fsp3) is 0.929. The van der Waals surface area contributed by atoms with E-state index < -0.39 is 5.79 Å². The molecule has 0 aliphatic heterocycles. The Kier molecular flexibility index (Phi) is 9.37. The van der Waals surface area contributed by atoms with Crippen molar-refractivity contribution in [3.8, 4) is 0 Å². The third-order valence-electron chi connectivity index (χ3n) is 2.74. The first-order chi connectivity index (χ1) is 8.04. The maximum absolute atomic E-state index is 11.0. The Bertz CT molecular complexity index is 192. The number of carbonyl (C=O) groups is 1. The Labute approximate surface area is 106 Å². The molecular formula is C14H28O3. The van der Waals surface area contributed by atoms with E-state index >= 15 is 0 Å². The molecule has 0 aromatic carbocycles. The Morgan fingerprint density at radius 2 is 1.53 bits per heavy atom. The third-order valence-corrected chi connectivity index (χ3v) is 2.74. The molecule has 0 aromatic heterocycles. The number of hydrogen-bond donors (Lipinski definition) is 0. The first-order valence-corrected chi connectivity index (χ1v) is 6.81. The molecule has 0 aliphatic rings. The van der Waals surface area contributed by atoms with Gasteiger partial charge in [0.25, 0.3) is 0 Å². The normalized spacial score (nSPS) is 11.8. The van der Waals surface area contributed by atoms with E-state index in [-0.39, 0.29) is 5.78 Å². The van der Waals surface area contributed by atoms with E-state index in [1.165, 1.54) is 0 Å². The van der Waals surface area contributed by atoms with Gasteiger partial charge in [-0.25, -0.2) is 0 Å². The summed E-state index contributed by atoms with van der Waals surface area (Å²) in [6.45, 7) is 9.23. The molecule has 0 aromatic rings.